The van der Waals surface area contributed by atoms with E-state index in [1.54, 1.807) is 12.1 Å². The van der Waals surface area contributed by atoms with Crippen LogP contribution in [-0.2, 0) is 23.7 Å². The van der Waals surface area contributed by atoms with Gasteiger partial charge < -0.3 is 34.3 Å². The molecule has 0 saturated carbocycles. The quantitative estimate of drug-likeness (QED) is 0.554. The minimum atomic E-state index is 0.102. The Bertz CT molecular complexity index is 815. The molecule has 0 atom stereocenters. The van der Waals surface area contributed by atoms with Gasteiger partial charge in [-0.1, -0.05) is 24.3 Å². The monoisotopic (exact) mass is 458 g/mol. The summed E-state index contributed by atoms with van der Waals surface area (Å²) in [6.07, 6.45) is 1.69. The summed E-state index contributed by atoms with van der Waals surface area (Å²) in [4.78, 5) is 0. The minimum Gasteiger partial charge on any atom is -0.379 e. The molecule has 1 aliphatic heterocycles. The Kier molecular flexibility index (Phi) is 14.4. The fourth-order valence-electron chi connectivity index (χ4n) is 2.98. The van der Waals surface area contributed by atoms with E-state index in [0.29, 0.717) is 71.3 Å². The highest BCUT2D eigenvalue weighted by Gasteiger charge is 2.01. The number of hydrogen-bond donors (Lipinski definition) is 2. The molecule has 9 nitrogen and oxygen atoms in total. The summed E-state index contributed by atoms with van der Waals surface area (Å²) in [5.74, 6) is 0.894. The summed E-state index contributed by atoms with van der Waals surface area (Å²) in [5.41, 5.74) is 0.102. The molecule has 0 amide bonds. The van der Waals surface area contributed by atoms with Crippen LogP contribution in [0.15, 0.2) is 24.3 Å². The first kappa shape index (κ1) is 26.6. The van der Waals surface area contributed by atoms with Gasteiger partial charge in [0.2, 0.25) is 0 Å². The molecule has 0 spiro atoms. The van der Waals surface area contributed by atoms with Crippen molar-refractivity contribution in [2.45, 2.75) is 12.8 Å². The van der Waals surface area contributed by atoms with Gasteiger partial charge in [-0.15, -0.1) is 0 Å². The lowest BCUT2D eigenvalue weighted by Gasteiger charge is -2.15. The van der Waals surface area contributed by atoms with Crippen LogP contribution in [0.4, 0.5) is 0 Å². The molecule has 2 rings (SSSR count). The maximum Gasteiger partial charge on any atom is 0.136 e. The number of rotatable bonds is 0. The van der Waals surface area contributed by atoms with Gasteiger partial charge in [0.25, 0.3) is 0 Å². The third kappa shape index (κ3) is 11.7. The van der Waals surface area contributed by atoms with Crippen molar-refractivity contribution in [1.82, 2.24) is 10.6 Å². The van der Waals surface area contributed by atoms with Crippen molar-refractivity contribution < 1.29 is 23.7 Å². The van der Waals surface area contributed by atoms with Gasteiger partial charge in [0.05, 0.1) is 52.9 Å². The van der Waals surface area contributed by atoms with Crippen molar-refractivity contribution in [3.63, 3.8) is 0 Å². The first-order chi connectivity index (χ1) is 16.3. The zero-order valence-electron chi connectivity index (χ0n) is 19.1. The fraction of sp³-hybridized carbons (Fsp3) is 0.583. The van der Waals surface area contributed by atoms with E-state index in [2.05, 4.69) is 10.6 Å². The molecular weight excluding hydrogens is 424 g/mol. The predicted octanol–water partition coefficient (Wildman–Crippen LogP) is 0.00616. The SMILES string of the molecule is N#CC(C#N)=c1ccc(=C2NCCCOCCOCCOCCOCCOCCCN2)cc1. The molecule has 180 valence electrons. The van der Waals surface area contributed by atoms with E-state index in [1.165, 1.54) is 0 Å². The molecule has 1 aliphatic rings. The van der Waals surface area contributed by atoms with Crippen molar-refractivity contribution in [3.8, 4) is 12.1 Å². The van der Waals surface area contributed by atoms with E-state index in [-0.39, 0.29) is 5.57 Å². The Hall–Kier alpha value is -2.66. The van der Waals surface area contributed by atoms with E-state index in [1.807, 2.05) is 24.3 Å². The Balaban J connectivity index is 1.95. The van der Waals surface area contributed by atoms with Crippen LogP contribution in [0.3, 0.4) is 0 Å². The van der Waals surface area contributed by atoms with Gasteiger partial charge in [-0.05, 0) is 12.8 Å². The Labute approximate surface area is 195 Å². The first-order valence-electron chi connectivity index (χ1n) is 11.4. The van der Waals surface area contributed by atoms with Crippen LogP contribution in [0.5, 0.6) is 0 Å². The summed E-state index contributed by atoms with van der Waals surface area (Å²) < 4.78 is 27.6. The lowest BCUT2D eigenvalue weighted by Crippen LogP contribution is -2.33. The predicted molar refractivity (Wildman–Crippen MR) is 123 cm³/mol. The molecule has 1 aromatic carbocycles. The molecule has 9 heteroatoms. The fourth-order valence-corrected chi connectivity index (χ4v) is 2.98. The first-order valence-corrected chi connectivity index (χ1v) is 11.4. The summed E-state index contributed by atoms with van der Waals surface area (Å²) in [6.45, 7) is 7.09. The third-order valence-electron chi connectivity index (χ3n) is 4.71. The molecule has 0 aromatic heterocycles. The topological polar surface area (TPSA) is 118 Å². The highest BCUT2D eigenvalue weighted by Crippen LogP contribution is 1.91. The minimum absolute atomic E-state index is 0.102. The molecular formula is C24H34N4O5. The molecule has 0 aliphatic carbocycles. The number of nitrogens with one attached hydrogen (secondary N) is 2. The van der Waals surface area contributed by atoms with Crippen LogP contribution in [0.1, 0.15) is 12.8 Å². The second-order valence-electron chi connectivity index (χ2n) is 7.17. The molecule has 1 saturated heterocycles. The number of ether oxygens (including phenoxy) is 5. The smallest absolute Gasteiger partial charge is 0.136 e. The van der Waals surface area contributed by atoms with Gasteiger partial charge in [0.1, 0.15) is 23.5 Å². The zero-order valence-corrected chi connectivity index (χ0v) is 19.1. The normalized spacial score (nSPS) is 18.8. The second kappa shape index (κ2) is 17.8. The number of nitrogens with zero attached hydrogens (tertiary/aromatic N) is 2. The van der Waals surface area contributed by atoms with Crippen LogP contribution < -0.4 is 21.1 Å². The largest absolute Gasteiger partial charge is 0.379 e. The second-order valence-corrected chi connectivity index (χ2v) is 7.17. The van der Waals surface area contributed by atoms with E-state index >= 15 is 0 Å². The van der Waals surface area contributed by atoms with Gasteiger partial charge in [-0.2, -0.15) is 10.5 Å². The maximum absolute atomic E-state index is 9.06. The van der Waals surface area contributed by atoms with Crippen LogP contribution in [0.25, 0.3) is 11.4 Å². The molecule has 33 heavy (non-hydrogen) atoms. The van der Waals surface area contributed by atoms with Gasteiger partial charge >= 0.3 is 0 Å². The summed E-state index contributed by atoms with van der Waals surface area (Å²) in [6, 6.07) is 11.2. The van der Waals surface area contributed by atoms with Crippen molar-refractivity contribution in [3.05, 3.63) is 34.7 Å². The van der Waals surface area contributed by atoms with E-state index in [9.17, 15) is 0 Å². The maximum atomic E-state index is 9.06. The molecule has 1 aromatic rings. The molecule has 1 fully saturated rings. The van der Waals surface area contributed by atoms with Crippen molar-refractivity contribution in [2.75, 3.05) is 79.2 Å². The van der Waals surface area contributed by atoms with Crippen LogP contribution in [0.2, 0.25) is 0 Å². The lowest BCUT2D eigenvalue weighted by atomic mass is 10.2. The molecule has 0 radical (unpaired) electrons. The van der Waals surface area contributed by atoms with Gasteiger partial charge in [0, 0.05) is 36.7 Å². The highest BCUT2D eigenvalue weighted by molar-refractivity contribution is 5.72. The van der Waals surface area contributed by atoms with E-state index in [4.69, 9.17) is 34.2 Å². The van der Waals surface area contributed by atoms with Crippen LogP contribution in [0, 0.1) is 22.7 Å². The molecule has 0 unspecified atom stereocenters. The Morgan fingerprint density at radius 1 is 0.606 bits per heavy atom. The highest BCUT2D eigenvalue weighted by atomic mass is 16.6. The number of hydrogen-bond acceptors (Lipinski definition) is 9. The average molecular weight is 459 g/mol. The van der Waals surface area contributed by atoms with Crippen LogP contribution >= 0.6 is 0 Å². The summed E-state index contributed by atoms with van der Waals surface area (Å²) in [7, 11) is 0. The lowest BCUT2D eigenvalue weighted by molar-refractivity contribution is -0.0112. The van der Waals surface area contributed by atoms with Crippen molar-refractivity contribution >= 4 is 11.4 Å². The zero-order chi connectivity index (χ0) is 23.4. The van der Waals surface area contributed by atoms with Crippen molar-refractivity contribution in [2.24, 2.45) is 0 Å². The van der Waals surface area contributed by atoms with Crippen LogP contribution in [-0.4, -0.2) is 79.2 Å². The van der Waals surface area contributed by atoms with Crippen molar-refractivity contribution in [1.29, 1.82) is 10.5 Å². The van der Waals surface area contributed by atoms with Gasteiger partial charge in [-0.3, -0.25) is 0 Å². The van der Waals surface area contributed by atoms with E-state index in [0.717, 1.165) is 37.0 Å². The third-order valence-corrected chi connectivity index (χ3v) is 4.71. The molecule has 0 bridgehead atoms. The molecule has 1 heterocycles. The average Bonchev–Trinajstić information content (AvgIpc) is 2.84. The number of benzene rings is 1. The standard InChI is InChI=1S/C24H34N4O5/c25-19-23(20-26)21-3-5-22(6-4-21)24-27-7-1-9-29-11-13-31-15-17-33-18-16-32-14-12-30-10-2-8-28-24/h3-6,27-28H,1-2,7-18H2. The van der Waals surface area contributed by atoms with E-state index < -0.39 is 0 Å². The Morgan fingerprint density at radius 2 is 1.00 bits per heavy atom. The Morgan fingerprint density at radius 3 is 1.39 bits per heavy atom. The summed E-state index contributed by atoms with van der Waals surface area (Å²) >= 11 is 0. The summed E-state index contributed by atoms with van der Waals surface area (Å²) in [5, 5.41) is 26.5. The number of nitriles is 2. The molecule has 2 N–H and O–H groups in total. The van der Waals surface area contributed by atoms with Gasteiger partial charge in [0.15, 0.2) is 0 Å². The van der Waals surface area contributed by atoms with Gasteiger partial charge in [-0.25, -0.2) is 0 Å².